The maximum absolute atomic E-state index is 12.2. The molecular weight excluding hydrogens is 398 g/mol. The van der Waals surface area contributed by atoms with E-state index in [1.807, 2.05) is 4.72 Å². The minimum atomic E-state index is -3.99. The first-order valence-electron chi connectivity index (χ1n) is 6.73. The second-order valence-electron chi connectivity index (χ2n) is 4.80. The maximum atomic E-state index is 12.2. The summed E-state index contributed by atoms with van der Waals surface area (Å²) < 4.78 is 27.2. The molecule has 0 radical (unpaired) electrons. The fraction of sp³-hybridized carbons (Fsp3) is 0.0667. The Morgan fingerprint density at radius 2 is 1.58 bits per heavy atom. The van der Waals surface area contributed by atoms with Crippen LogP contribution in [-0.4, -0.2) is 20.4 Å². The quantitative estimate of drug-likeness (QED) is 0.693. The van der Waals surface area contributed by atoms with Crippen LogP contribution < -0.4 is 15.8 Å². The summed E-state index contributed by atoms with van der Waals surface area (Å²) in [7, 11) is -3.99. The lowest BCUT2D eigenvalue weighted by Crippen LogP contribution is -2.30. The van der Waals surface area contributed by atoms with Crippen molar-refractivity contribution in [2.75, 3.05) is 0 Å². The van der Waals surface area contributed by atoms with Crippen LogP contribution >= 0.6 is 15.9 Å². The van der Waals surface area contributed by atoms with E-state index < -0.39 is 22.0 Å². The zero-order valence-corrected chi connectivity index (χ0v) is 14.7. The standard InChI is InChI=1S/C15H14BrN3O4S/c16-12-5-3-11(4-6-12)14(20)19-24(22,23)13-7-1-10(2-8-13)9-18-15(17)21/h1-8H,9H2,(H,19,20)(H3,17,18,21). The topological polar surface area (TPSA) is 118 Å². The predicted octanol–water partition coefficient (Wildman–Crippen LogP) is 1.74. The van der Waals surface area contributed by atoms with Crippen LogP contribution in [-0.2, 0) is 16.6 Å². The van der Waals surface area contributed by atoms with Crippen molar-refractivity contribution in [1.82, 2.24) is 10.0 Å². The Kier molecular flexibility index (Phi) is 5.58. The first-order chi connectivity index (χ1) is 11.3. The molecule has 0 spiro atoms. The molecule has 2 aromatic rings. The number of hydrogen-bond donors (Lipinski definition) is 3. The third kappa shape index (κ3) is 4.80. The average molecular weight is 412 g/mol. The third-order valence-corrected chi connectivity index (χ3v) is 4.91. The lowest BCUT2D eigenvalue weighted by Gasteiger charge is -2.08. The Bertz CT molecular complexity index is 849. The smallest absolute Gasteiger partial charge is 0.312 e. The van der Waals surface area contributed by atoms with Crippen molar-refractivity contribution in [3.05, 3.63) is 64.1 Å². The van der Waals surface area contributed by atoms with Gasteiger partial charge in [-0.15, -0.1) is 0 Å². The van der Waals surface area contributed by atoms with Crippen LogP contribution in [0.3, 0.4) is 0 Å². The molecule has 0 aliphatic heterocycles. The summed E-state index contributed by atoms with van der Waals surface area (Å²) in [6.07, 6.45) is 0. The van der Waals surface area contributed by atoms with Gasteiger partial charge in [-0.1, -0.05) is 28.1 Å². The molecule has 0 atom stereocenters. The Morgan fingerprint density at radius 3 is 2.12 bits per heavy atom. The van der Waals surface area contributed by atoms with E-state index in [2.05, 4.69) is 21.2 Å². The molecule has 0 saturated heterocycles. The minimum absolute atomic E-state index is 0.0595. The molecule has 2 rings (SSSR count). The summed E-state index contributed by atoms with van der Waals surface area (Å²) in [6.45, 7) is 0.181. The number of nitrogens with two attached hydrogens (primary N) is 1. The number of primary amides is 1. The van der Waals surface area contributed by atoms with Gasteiger partial charge in [0.2, 0.25) is 0 Å². The van der Waals surface area contributed by atoms with Gasteiger partial charge in [0.15, 0.2) is 0 Å². The zero-order chi connectivity index (χ0) is 17.7. The van der Waals surface area contributed by atoms with Gasteiger partial charge in [0.05, 0.1) is 4.90 Å². The zero-order valence-electron chi connectivity index (χ0n) is 12.3. The largest absolute Gasteiger partial charge is 0.352 e. The van der Waals surface area contributed by atoms with Crippen LogP contribution in [0.2, 0.25) is 0 Å². The monoisotopic (exact) mass is 411 g/mol. The van der Waals surface area contributed by atoms with E-state index in [0.29, 0.717) is 5.56 Å². The van der Waals surface area contributed by atoms with Gasteiger partial charge in [0.25, 0.3) is 15.9 Å². The molecule has 3 amide bonds. The summed E-state index contributed by atoms with van der Waals surface area (Å²) >= 11 is 3.24. The molecular formula is C15H14BrN3O4S. The predicted molar refractivity (Wildman–Crippen MR) is 91.7 cm³/mol. The van der Waals surface area contributed by atoms with E-state index in [1.54, 1.807) is 12.1 Å². The Hall–Kier alpha value is -2.39. The number of amides is 3. The number of urea groups is 1. The average Bonchev–Trinajstić information content (AvgIpc) is 2.53. The number of nitrogens with one attached hydrogen (secondary N) is 2. The highest BCUT2D eigenvalue weighted by Crippen LogP contribution is 2.13. The normalized spacial score (nSPS) is 10.9. The van der Waals surface area contributed by atoms with Gasteiger partial charge in [0, 0.05) is 16.6 Å². The fourth-order valence-electron chi connectivity index (χ4n) is 1.82. The highest BCUT2D eigenvalue weighted by atomic mass is 79.9. The number of hydrogen-bond acceptors (Lipinski definition) is 4. The molecule has 9 heteroatoms. The van der Waals surface area contributed by atoms with Crippen LogP contribution in [0.15, 0.2) is 57.9 Å². The third-order valence-electron chi connectivity index (χ3n) is 3.03. The van der Waals surface area contributed by atoms with Crippen LogP contribution in [0.25, 0.3) is 0 Å². The second-order valence-corrected chi connectivity index (χ2v) is 7.40. The van der Waals surface area contributed by atoms with Crippen LogP contribution in [0.4, 0.5) is 4.79 Å². The summed E-state index contributed by atoms with van der Waals surface area (Å²) in [5.41, 5.74) is 5.86. The number of rotatable bonds is 5. The maximum Gasteiger partial charge on any atom is 0.312 e. The van der Waals surface area contributed by atoms with Gasteiger partial charge in [-0.2, -0.15) is 0 Å². The number of carbonyl (C=O) groups is 2. The summed E-state index contributed by atoms with van der Waals surface area (Å²) in [4.78, 5) is 22.6. The first-order valence-corrected chi connectivity index (χ1v) is 9.00. The van der Waals surface area contributed by atoms with Crippen LogP contribution in [0.1, 0.15) is 15.9 Å². The Labute approximate surface area is 147 Å². The number of halogens is 1. The van der Waals surface area contributed by atoms with Crippen molar-refractivity contribution in [3.63, 3.8) is 0 Å². The van der Waals surface area contributed by atoms with Crippen LogP contribution in [0, 0.1) is 0 Å². The molecule has 0 aromatic heterocycles. The Balaban J connectivity index is 2.10. The minimum Gasteiger partial charge on any atom is -0.352 e. The van der Waals surface area contributed by atoms with Crippen LogP contribution in [0.5, 0.6) is 0 Å². The lowest BCUT2D eigenvalue weighted by molar-refractivity contribution is 0.0981. The summed E-state index contributed by atoms with van der Waals surface area (Å²) in [5, 5.41) is 2.39. The van der Waals surface area contributed by atoms with E-state index in [1.165, 1.54) is 36.4 Å². The summed E-state index contributed by atoms with van der Waals surface area (Å²) in [6, 6.07) is 11.4. The van der Waals surface area contributed by atoms with Crippen molar-refractivity contribution < 1.29 is 18.0 Å². The van der Waals surface area contributed by atoms with Crippen molar-refractivity contribution in [2.24, 2.45) is 5.73 Å². The number of carbonyl (C=O) groups excluding carboxylic acids is 2. The fourth-order valence-corrected chi connectivity index (χ4v) is 3.06. The van der Waals surface area contributed by atoms with Gasteiger partial charge < -0.3 is 11.1 Å². The highest BCUT2D eigenvalue weighted by molar-refractivity contribution is 9.10. The van der Waals surface area contributed by atoms with Crippen molar-refractivity contribution in [3.8, 4) is 0 Å². The van der Waals surface area contributed by atoms with E-state index >= 15 is 0 Å². The molecule has 0 saturated carbocycles. The van der Waals surface area contributed by atoms with E-state index in [0.717, 1.165) is 4.47 Å². The molecule has 0 unspecified atom stereocenters. The van der Waals surface area contributed by atoms with E-state index in [9.17, 15) is 18.0 Å². The molecule has 0 aliphatic carbocycles. The van der Waals surface area contributed by atoms with Gasteiger partial charge >= 0.3 is 6.03 Å². The van der Waals surface area contributed by atoms with E-state index in [4.69, 9.17) is 5.73 Å². The molecule has 4 N–H and O–H groups in total. The molecule has 0 heterocycles. The molecule has 24 heavy (non-hydrogen) atoms. The second kappa shape index (κ2) is 7.45. The molecule has 0 bridgehead atoms. The van der Waals surface area contributed by atoms with Crippen molar-refractivity contribution >= 4 is 37.9 Å². The molecule has 126 valence electrons. The summed E-state index contributed by atoms with van der Waals surface area (Å²) in [5.74, 6) is -0.720. The van der Waals surface area contributed by atoms with E-state index in [-0.39, 0.29) is 17.0 Å². The highest BCUT2D eigenvalue weighted by Gasteiger charge is 2.18. The number of sulfonamides is 1. The molecule has 0 aliphatic rings. The van der Waals surface area contributed by atoms with Gasteiger partial charge in [-0.05, 0) is 42.0 Å². The van der Waals surface area contributed by atoms with Gasteiger partial charge in [-0.25, -0.2) is 17.9 Å². The van der Waals surface area contributed by atoms with Crippen molar-refractivity contribution in [1.29, 1.82) is 0 Å². The Morgan fingerprint density at radius 1 is 1.00 bits per heavy atom. The SMILES string of the molecule is NC(=O)NCc1ccc(S(=O)(=O)NC(=O)c2ccc(Br)cc2)cc1. The lowest BCUT2D eigenvalue weighted by atomic mass is 10.2. The van der Waals surface area contributed by atoms with Gasteiger partial charge in [0.1, 0.15) is 0 Å². The van der Waals surface area contributed by atoms with Crippen molar-refractivity contribution in [2.45, 2.75) is 11.4 Å². The first kappa shape index (κ1) is 18.0. The molecule has 0 fully saturated rings. The molecule has 2 aromatic carbocycles. The molecule has 7 nitrogen and oxygen atoms in total. The van der Waals surface area contributed by atoms with Gasteiger partial charge in [-0.3, -0.25) is 4.79 Å². The number of benzene rings is 2.